The smallest absolute Gasteiger partial charge is 0.475 e. The molecule has 2 aliphatic rings. The molecular weight excluding hydrogens is 477 g/mol. The predicted molar refractivity (Wildman–Crippen MR) is 117 cm³/mol. The summed E-state index contributed by atoms with van der Waals surface area (Å²) in [4.78, 5) is 49.1. The van der Waals surface area contributed by atoms with E-state index in [0.717, 1.165) is 21.8 Å². The number of benzene rings is 1. The first-order valence-electron chi connectivity index (χ1n) is 10.4. The fourth-order valence-corrected chi connectivity index (χ4v) is 4.96. The number of amides is 2. The molecule has 0 radical (unpaired) electrons. The van der Waals surface area contributed by atoms with Gasteiger partial charge in [0.05, 0.1) is 18.9 Å². The normalized spacial score (nSPS) is 27.1. The number of imide groups is 1. The van der Waals surface area contributed by atoms with Gasteiger partial charge in [-0.3, -0.25) is 24.6 Å². The molecule has 1 aromatic carbocycles. The van der Waals surface area contributed by atoms with E-state index in [4.69, 9.17) is 14.6 Å². The van der Waals surface area contributed by atoms with Crippen LogP contribution in [-0.2, 0) is 23.9 Å². The number of rotatable bonds is 5. The third-order valence-corrected chi connectivity index (χ3v) is 7.29. The Balaban J connectivity index is 0.000000509. The van der Waals surface area contributed by atoms with Gasteiger partial charge in [-0.2, -0.15) is 13.2 Å². The molecule has 0 aromatic heterocycles. The van der Waals surface area contributed by atoms with Crippen molar-refractivity contribution in [3.8, 4) is 0 Å². The number of thioether (sulfide) groups is 1. The summed E-state index contributed by atoms with van der Waals surface area (Å²) >= 11 is 1.80. The fraction of sp³-hybridized carbons (Fsp3) is 0.545. The highest BCUT2D eigenvalue weighted by molar-refractivity contribution is 7.99. The lowest BCUT2D eigenvalue weighted by Crippen LogP contribution is -2.53. The first-order chi connectivity index (χ1) is 15.7. The molecule has 5 atom stereocenters. The second kappa shape index (κ2) is 10.3. The van der Waals surface area contributed by atoms with Crippen LogP contribution < -0.4 is 5.32 Å². The molecule has 0 spiro atoms. The van der Waals surface area contributed by atoms with Gasteiger partial charge in [-0.15, -0.1) is 11.8 Å². The quantitative estimate of drug-likeness (QED) is 0.358. The van der Waals surface area contributed by atoms with Gasteiger partial charge in [0.25, 0.3) is 0 Å². The summed E-state index contributed by atoms with van der Waals surface area (Å²) in [5.41, 5.74) is -0.339. The zero-order valence-corrected chi connectivity index (χ0v) is 20.1. The van der Waals surface area contributed by atoms with Gasteiger partial charge in [-0.05, 0) is 31.0 Å². The Morgan fingerprint density at radius 3 is 2.21 bits per heavy atom. The number of aliphatic carboxylic acids is 1. The molecule has 0 aliphatic carbocycles. The second-order valence-corrected chi connectivity index (χ2v) is 9.78. The van der Waals surface area contributed by atoms with Crippen molar-refractivity contribution in [3.63, 3.8) is 0 Å². The molecule has 8 nitrogen and oxygen atoms in total. The van der Waals surface area contributed by atoms with E-state index in [2.05, 4.69) is 19.2 Å². The number of likely N-dealkylation sites (tertiary alicyclic amines) is 1. The van der Waals surface area contributed by atoms with Crippen molar-refractivity contribution < 1.29 is 42.2 Å². The van der Waals surface area contributed by atoms with E-state index in [0.29, 0.717) is 5.25 Å². The van der Waals surface area contributed by atoms with E-state index in [9.17, 15) is 27.6 Å². The van der Waals surface area contributed by atoms with Gasteiger partial charge in [-0.25, -0.2) is 4.79 Å². The van der Waals surface area contributed by atoms with Crippen LogP contribution in [0.15, 0.2) is 29.2 Å². The Morgan fingerprint density at radius 2 is 1.76 bits per heavy atom. The number of halogens is 3. The highest BCUT2D eigenvalue weighted by Gasteiger charge is 2.66. The SMILES string of the molecule is CCC(C)Sc1ccc(C2N[C@@](C)(C(=O)OC)C3C(=O)N(C)C(=O)C23)cc1.O=C(O)C(F)(F)F. The monoisotopic (exact) mass is 504 g/mol. The highest BCUT2D eigenvalue weighted by atomic mass is 32.2. The van der Waals surface area contributed by atoms with Crippen LogP contribution >= 0.6 is 11.8 Å². The summed E-state index contributed by atoms with van der Waals surface area (Å²) in [5, 5.41) is 10.9. The molecular formula is C22H27F3N2O6S. The second-order valence-electron chi connectivity index (χ2n) is 8.26. The number of alkyl halides is 3. The number of methoxy groups -OCH3 is 1. The Labute approximate surface area is 199 Å². The number of carbonyl (C=O) groups is 4. The largest absolute Gasteiger partial charge is 0.490 e. The number of hydrogen-bond acceptors (Lipinski definition) is 7. The highest BCUT2D eigenvalue weighted by Crippen LogP contribution is 2.48. The van der Waals surface area contributed by atoms with Crippen molar-refractivity contribution in [1.29, 1.82) is 0 Å². The molecule has 0 bridgehead atoms. The van der Waals surface area contributed by atoms with E-state index in [1.165, 1.54) is 14.2 Å². The Bertz CT molecular complexity index is 955. The average molecular weight is 505 g/mol. The van der Waals surface area contributed by atoms with E-state index >= 15 is 0 Å². The molecule has 4 unspecified atom stereocenters. The first kappa shape index (κ1) is 27.6. The van der Waals surface area contributed by atoms with Crippen LogP contribution in [0.3, 0.4) is 0 Å². The van der Waals surface area contributed by atoms with Crippen LogP contribution in [0.2, 0.25) is 0 Å². The number of fused-ring (bicyclic) bond motifs is 1. The van der Waals surface area contributed by atoms with E-state index in [1.807, 2.05) is 24.3 Å². The van der Waals surface area contributed by atoms with Crippen LogP contribution in [0.4, 0.5) is 13.2 Å². The van der Waals surface area contributed by atoms with Crippen molar-refractivity contribution in [2.75, 3.05) is 14.2 Å². The summed E-state index contributed by atoms with van der Waals surface area (Å²) in [6.45, 7) is 5.98. The maximum Gasteiger partial charge on any atom is 0.490 e. The maximum absolute atomic E-state index is 12.7. The van der Waals surface area contributed by atoms with Crippen molar-refractivity contribution in [1.82, 2.24) is 10.2 Å². The molecule has 188 valence electrons. The third kappa shape index (κ3) is 5.38. The lowest BCUT2D eigenvalue weighted by Gasteiger charge is -2.27. The number of carboxylic acids is 1. The number of nitrogens with zero attached hydrogens (tertiary/aromatic N) is 1. The maximum atomic E-state index is 12.7. The van der Waals surface area contributed by atoms with Crippen LogP contribution in [0.5, 0.6) is 0 Å². The van der Waals surface area contributed by atoms with Gasteiger partial charge >= 0.3 is 18.1 Å². The molecule has 2 fully saturated rings. The zero-order valence-electron chi connectivity index (χ0n) is 19.3. The third-order valence-electron chi connectivity index (χ3n) is 6.01. The molecule has 2 saturated heterocycles. The van der Waals surface area contributed by atoms with Crippen molar-refractivity contribution in [2.24, 2.45) is 11.8 Å². The summed E-state index contributed by atoms with van der Waals surface area (Å²) < 4.78 is 36.7. The number of hydrogen-bond donors (Lipinski definition) is 2. The number of esters is 1. The molecule has 0 saturated carbocycles. The van der Waals surface area contributed by atoms with Crippen LogP contribution in [-0.4, -0.2) is 64.9 Å². The molecule has 2 heterocycles. The minimum Gasteiger partial charge on any atom is -0.475 e. The zero-order chi connectivity index (χ0) is 26.0. The summed E-state index contributed by atoms with van der Waals surface area (Å²) in [6, 6.07) is 7.59. The lowest BCUT2D eigenvalue weighted by atomic mass is 9.80. The molecule has 34 heavy (non-hydrogen) atoms. The van der Waals surface area contributed by atoms with Gasteiger partial charge in [-0.1, -0.05) is 26.0 Å². The lowest BCUT2D eigenvalue weighted by molar-refractivity contribution is -0.192. The van der Waals surface area contributed by atoms with Gasteiger partial charge in [0.15, 0.2) is 0 Å². The van der Waals surface area contributed by atoms with Crippen LogP contribution in [0.1, 0.15) is 38.8 Å². The summed E-state index contributed by atoms with van der Waals surface area (Å²) in [7, 11) is 2.77. The summed E-state index contributed by atoms with van der Waals surface area (Å²) in [6.07, 6.45) is -4.00. The van der Waals surface area contributed by atoms with E-state index in [1.54, 1.807) is 18.7 Å². The van der Waals surface area contributed by atoms with Crippen molar-refractivity contribution in [3.05, 3.63) is 29.8 Å². The molecule has 2 aliphatic heterocycles. The van der Waals surface area contributed by atoms with E-state index < -0.39 is 41.5 Å². The molecule has 2 N–H and O–H groups in total. The van der Waals surface area contributed by atoms with Crippen molar-refractivity contribution in [2.45, 2.75) is 55.1 Å². The minimum absolute atomic E-state index is 0.256. The number of nitrogens with one attached hydrogen (secondary N) is 1. The molecule has 3 rings (SSSR count). The number of carboxylic acid groups (broad SMARTS) is 1. The topological polar surface area (TPSA) is 113 Å². The van der Waals surface area contributed by atoms with Gasteiger partial charge in [0, 0.05) is 23.2 Å². The Morgan fingerprint density at radius 1 is 1.24 bits per heavy atom. The van der Waals surface area contributed by atoms with Gasteiger partial charge < -0.3 is 9.84 Å². The molecule has 2 amide bonds. The van der Waals surface area contributed by atoms with Gasteiger partial charge in [0.1, 0.15) is 5.54 Å². The first-order valence-corrected chi connectivity index (χ1v) is 11.3. The van der Waals surface area contributed by atoms with Crippen LogP contribution in [0.25, 0.3) is 0 Å². The Kier molecular flexibility index (Phi) is 8.41. The van der Waals surface area contributed by atoms with Gasteiger partial charge in [0.2, 0.25) is 11.8 Å². The average Bonchev–Trinajstić information content (AvgIpc) is 3.22. The fourth-order valence-electron chi connectivity index (χ4n) is 4.04. The molecule has 12 heteroatoms. The molecule has 1 aromatic rings. The minimum atomic E-state index is -5.08. The number of ether oxygens (including phenoxy) is 1. The predicted octanol–water partition coefficient (Wildman–Crippen LogP) is 3.02. The number of carbonyl (C=O) groups excluding carboxylic acids is 3. The standard InChI is InChI=1S/C20H26N2O4S.C2HF3O2/c1-6-11(2)27-13-9-7-12(8-10-13)16-14-15(18(24)22(4)17(14)23)20(3,21-16)19(25)26-5;3-2(4,5)1(6)7/h7-11,14-16,21H,6H2,1-5H3;(H,6,7)/t11?,14?,15?,16?,20-;/m1./s1. The van der Waals surface area contributed by atoms with E-state index in [-0.39, 0.29) is 11.8 Å². The van der Waals surface area contributed by atoms with Crippen molar-refractivity contribution >= 4 is 35.5 Å². The summed E-state index contributed by atoms with van der Waals surface area (Å²) in [5.74, 6) is -5.25. The van der Waals surface area contributed by atoms with Crippen LogP contribution in [0, 0.1) is 11.8 Å². The Hall–Kier alpha value is -2.60.